The van der Waals surface area contributed by atoms with Crippen molar-refractivity contribution >= 4 is 34.3 Å². The molecule has 2 aromatic carbocycles. The average molecular weight is 417 g/mol. The summed E-state index contributed by atoms with van der Waals surface area (Å²) in [5, 5.41) is 6.78. The number of H-pyrrole nitrogens is 1. The molecule has 0 saturated carbocycles. The van der Waals surface area contributed by atoms with Crippen molar-refractivity contribution in [1.29, 1.82) is 0 Å². The zero-order chi connectivity index (χ0) is 21.4. The zero-order valence-corrected chi connectivity index (χ0v) is 16.7. The van der Waals surface area contributed by atoms with Crippen LogP contribution < -0.4 is 15.5 Å². The number of carbonyl (C=O) groups excluding carboxylic acids is 1. The summed E-state index contributed by atoms with van der Waals surface area (Å²) in [6.07, 6.45) is 3.18. The van der Waals surface area contributed by atoms with E-state index in [0.717, 1.165) is 0 Å². The van der Waals surface area contributed by atoms with Gasteiger partial charge in [-0.3, -0.25) is 9.69 Å². The molecule has 31 heavy (non-hydrogen) atoms. The highest BCUT2D eigenvalue weighted by atomic mass is 19.1. The van der Waals surface area contributed by atoms with Gasteiger partial charge in [0.2, 0.25) is 0 Å². The Hall–Kier alpha value is -4.01. The molecule has 1 aliphatic heterocycles. The summed E-state index contributed by atoms with van der Waals surface area (Å²) in [7, 11) is 0. The minimum Gasteiger partial charge on any atom is -0.362 e. The fraction of sp³-hybridized carbons (Fsp3) is 0.182. The first-order valence-corrected chi connectivity index (χ1v) is 10.0. The lowest BCUT2D eigenvalue weighted by Gasteiger charge is -2.42. The summed E-state index contributed by atoms with van der Waals surface area (Å²) >= 11 is 0. The van der Waals surface area contributed by atoms with Gasteiger partial charge in [-0.1, -0.05) is 31.2 Å². The third-order valence-electron chi connectivity index (χ3n) is 5.43. The number of hydrogen-bond donors (Lipinski definition) is 3. The lowest BCUT2D eigenvalue weighted by atomic mass is 10.0. The van der Waals surface area contributed by atoms with Crippen molar-refractivity contribution in [1.82, 2.24) is 19.9 Å². The number of carbonyl (C=O) groups is 1. The minimum atomic E-state index is -0.551. The second-order valence-corrected chi connectivity index (χ2v) is 7.24. The van der Waals surface area contributed by atoms with E-state index in [1.54, 1.807) is 23.4 Å². The van der Waals surface area contributed by atoms with Crippen LogP contribution in [0, 0.1) is 5.82 Å². The van der Waals surface area contributed by atoms with Crippen molar-refractivity contribution in [2.45, 2.75) is 25.6 Å². The number of hydrogen-bond acceptors (Lipinski definition) is 6. The molecule has 2 atom stereocenters. The van der Waals surface area contributed by atoms with E-state index in [-0.39, 0.29) is 11.6 Å². The maximum absolute atomic E-state index is 14.6. The molecule has 0 radical (unpaired) electrons. The number of aromatic amines is 1. The zero-order valence-electron chi connectivity index (χ0n) is 16.7. The maximum Gasteiger partial charge on any atom is 0.265 e. The van der Waals surface area contributed by atoms with E-state index in [0.29, 0.717) is 34.8 Å². The molecule has 0 aliphatic carbocycles. The Bertz CT molecular complexity index is 1240. The molecule has 9 heteroatoms. The Morgan fingerprint density at radius 3 is 2.77 bits per heavy atom. The Kier molecular flexibility index (Phi) is 4.70. The van der Waals surface area contributed by atoms with Gasteiger partial charge >= 0.3 is 0 Å². The van der Waals surface area contributed by atoms with Gasteiger partial charge in [-0.2, -0.15) is 0 Å². The Balaban J connectivity index is 1.58. The predicted molar refractivity (Wildman–Crippen MR) is 116 cm³/mol. The number of anilines is 3. The van der Waals surface area contributed by atoms with Gasteiger partial charge in [0.15, 0.2) is 11.5 Å². The summed E-state index contributed by atoms with van der Waals surface area (Å²) in [5.74, 6) is -0.357. The molecule has 3 N–H and O–H groups in total. The highest BCUT2D eigenvalue weighted by molar-refractivity contribution is 6.12. The fourth-order valence-corrected chi connectivity index (χ4v) is 3.93. The van der Waals surface area contributed by atoms with E-state index >= 15 is 0 Å². The molecule has 0 spiro atoms. The largest absolute Gasteiger partial charge is 0.362 e. The van der Waals surface area contributed by atoms with Gasteiger partial charge in [0, 0.05) is 5.69 Å². The van der Waals surface area contributed by atoms with Crippen LogP contribution in [0.15, 0.2) is 61.2 Å². The number of para-hydroxylation sites is 1. The number of amides is 1. The monoisotopic (exact) mass is 417 g/mol. The molecule has 0 fully saturated rings. The molecule has 5 rings (SSSR count). The second-order valence-electron chi connectivity index (χ2n) is 7.24. The number of halogens is 1. The van der Waals surface area contributed by atoms with Gasteiger partial charge in [0.05, 0.1) is 23.6 Å². The van der Waals surface area contributed by atoms with E-state index in [4.69, 9.17) is 0 Å². The lowest BCUT2D eigenvalue weighted by Crippen LogP contribution is -2.57. The summed E-state index contributed by atoms with van der Waals surface area (Å²) in [4.78, 5) is 30.8. The number of imidazole rings is 1. The highest BCUT2D eigenvalue weighted by Crippen LogP contribution is 2.33. The van der Waals surface area contributed by atoms with Gasteiger partial charge in [-0.15, -0.1) is 0 Å². The van der Waals surface area contributed by atoms with Crippen molar-refractivity contribution in [3.63, 3.8) is 0 Å². The molecule has 0 bridgehead atoms. The number of fused-ring (bicyclic) bond motifs is 2. The van der Waals surface area contributed by atoms with Gasteiger partial charge < -0.3 is 15.6 Å². The van der Waals surface area contributed by atoms with Gasteiger partial charge in [-0.05, 0) is 30.7 Å². The third-order valence-corrected chi connectivity index (χ3v) is 5.43. The summed E-state index contributed by atoms with van der Waals surface area (Å²) in [5.41, 5.74) is 2.41. The minimum absolute atomic E-state index is 0.0375. The van der Waals surface area contributed by atoms with Crippen LogP contribution in [-0.2, 0) is 0 Å². The summed E-state index contributed by atoms with van der Waals surface area (Å²) in [6, 6.07) is 13.6. The van der Waals surface area contributed by atoms with Crippen LogP contribution in [0.2, 0.25) is 0 Å². The van der Waals surface area contributed by atoms with E-state index in [9.17, 15) is 9.18 Å². The molecule has 2 aromatic heterocycles. The van der Waals surface area contributed by atoms with Crippen LogP contribution in [0.3, 0.4) is 0 Å². The molecular weight excluding hydrogens is 397 g/mol. The van der Waals surface area contributed by atoms with Crippen LogP contribution in [0.25, 0.3) is 11.2 Å². The fourth-order valence-electron chi connectivity index (χ4n) is 3.93. The predicted octanol–water partition coefficient (Wildman–Crippen LogP) is 3.78. The molecule has 4 aromatic rings. The topological polar surface area (TPSA) is 98.8 Å². The van der Waals surface area contributed by atoms with Gasteiger partial charge in [0.1, 0.15) is 23.8 Å². The SMILES string of the molecule is CC[C@H](Nc1ncnc2nc[nH]c12)C1Nc2cccc(F)c2C(=O)N1c1ccccc1. The highest BCUT2D eigenvalue weighted by Gasteiger charge is 2.39. The quantitative estimate of drug-likeness (QED) is 0.457. The van der Waals surface area contributed by atoms with Crippen molar-refractivity contribution in [2.75, 3.05) is 15.5 Å². The molecular formula is C22H20FN7O. The smallest absolute Gasteiger partial charge is 0.265 e. The first-order valence-electron chi connectivity index (χ1n) is 10.0. The Morgan fingerprint density at radius 2 is 1.97 bits per heavy atom. The van der Waals surface area contributed by atoms with E-state index in [1.165, 1.54) is 12.4 Å². The van der Waals surface area contributed by atoms with E-state index in [2.05, 4.69) is 30.6 Å². The van der Waals surface area contributed by atoms with Crippen LogP contribution in [0.4, 0.5) is 21.6 Å². The third kappa shape index (κ3) is 3.24. The number of aromatic nitrogens is 4. The summed E-state index contributed by atoms with van der Waals surface area (Å²) in [6.45, 7) is 2.01. The average Bonchev–Trinajstić information content (AvgIpc) is 3.27. The maximum atomic E-state index is 14.6. The first-order chi connectivity index (χ1) is 15.2. The molecule has 1 aliphatic rings. The van der Waals surface area contributed by atoms with Crippen molar-refractivity contribution < 1.29 is 9.18 Å². The van der Waals surface area contributed by atoms with Gasteiger partial charge in [0.25, 0.3) is 5.91 Å². The molecule has 0 saturated heterocycles. The number of nitrogens with zero attached hydrogens (tertiary/aromatic N) is 4. The molecule has 1 amide bonds. The normalized spacial score (nSPS) is 16.6. The van der Waals surface area contributed by atoms with Crippen molar-refractivity contribution in [3.8, 4) is 0 Å². The molecule has 1 unspecified atom stereocenters. The number of rotatable bonds is 5. The summed E-state index contributed by atoms with van der Waals surface area (Å²) < 4.78 is 14.6. The second kappa shape index (κ2) is 7.67. The first kappa shape index (κ1) is 19.0. The van der Waals surface area contributed by atoms with E-state index < -0.39 is 17.9 Å². The van der Waals surface area contributed by atoms with Crippen molar-refractivity contribution in [2.24, 2.45) is 0 Å². The molecule has 8 nitrogen and oxygen atoms in total. The van der Waals surface area contributed by atoms with Crippen LogP contribution in [0.1, 0.15) is 23.7 Å². The Labute approximate surface area is 177 Å². The Morgan fingerprint density at radius 1 is 1.13 bits per heavy atom. The van der Waals surface area contributed by atoms with Gasteiger partial charge in [-0.25, -0.2) is 19.3 Å². The standard InChI is InChI=1S/C22H20FN7O/c1-2-15(28-20-18-19(25-11-24-18)26-12-27-20)21-29-16-10-6-9-14(23)17(16)22(31)30(21)13-7-4-3-5-8-13/h3-12,15,21,29H,2H2,1H3,(H2,24,25,26,27,28)/t15-,21?/m0/s1. The number of nitrogens with one attached hydrogen (secondary N) is 3. The van der Waals surface area contributed by atoms with Crippen molar-refractivity contribution in [3.05, 3.63) is 72.6 Å². The van der Waals surface area contributed by atoms with Crippen LogP contribution in [-0.4, -0.2) is 38.1 Å². The van der Waals surface area contributed by atoms with Crippen LogP contribution >= 0.6 is 0 Å². The van der Waals surface area contributed by atoms with Crippen LogP contribution in [0.5, 0.6) is 0 Å². The number of benzene rings is 2. The lowest BCUT2D eigenvalue weighted by molar-refractivity contribution is 0.0968. The molecule has 156 valence electrons. The van der Waals surface area contributed by atoms with E-state index in [1.807, 2.05) is 37.3 Å². The molecule has 3 heterocycles.